The van der Waals surface area contributed by atoms with Gasteiger partial charge in [-0.2, -0.15) is 0 Å². The van der Waals surface area contributed by atoms with E-state index in [4.69, 9.17) is 24.2 Å². The predicted molar refractivity (Wildman–Crippen MR) is 112 cm³/mol. The Morgan fingerprint density at radius 3 is 2.58 bits per heavy atom. The number of carboxylic acid groups (broad SMARTS) is 2. The van der Waals surface area contributed by atoms with E-state index in [9.17, 15) is 10.2 Å². The smallest absolute Gasteiger partial charge is 0.414 e. The number of hydrogen-bond acceptors (Lipinski definition) is 6. The number of piperidine rings is 1. The van der Waals surface area contributed by atoms with E-state index in [0.29, 0.717) is 13.0 Å². The van der Waals surface area contributed by atoms with Gasteiger partial charge in [-0.25, -0.2) is 9.59 Å². The summed E-state index contributed by atoms with van der Waals surface area (Å²) in [6.07, 6.45) is 5.87. The van der Waals surface area contributed by atoms with Crippen molar-refractivity contribution in [3.8, 4) is 5.75 Å². The molecule has 1 saturated heterocycles. The zero-order valence-electron chi connectivity index (χ0n) is 17.3. The number of nitrogens with zero attached hydrogens (tertiary/aromatic N) is 1. The highest BCUT2D eigenvalue weighted by Crippen LogP contribution is 2.54. The summed E-state index contributed by atoms with van der Waals surface area (Å²) in [7, 11) is 0. The van der Waals surface area contributed by atoms with Gasteiger partial charge in [0.25, 0.3) is 0 Å². The van der Waals surface area contributed by atoms with Crippen LogP contribution in [0, 0.1) is 0 Å². The lowest BCUT2D eigenvalue weighted by atomic mass is 9.54. The molecule has 2 aromatic rings. The van der Waals surface area contributed by atoms with Crippen LogP contribution in [0.2, 0.25) is 0 Å². The summed E-state index contributed by atoms with van der Waals surface area (Å²) in [5.74, 6) is -2.47. The van der Waals surface area contributed by atoms with Crippen molar-refractivity contribution < 1.29 is 34.4 Å². The molecule has 2 heterocycles. The number of phenolic OH excluding ortho intramolecular Hbond substituents is 1. The first-order chi connectivity index (χ1) is 14.6. The van der Waals surface area contributed by atoms with Gasteiger partial charge in [-0.15, -0.1) is 6.58 Å². The molecule has 0 saturated carbocycles. The van der Waals surface area contributed by atoms with E-state index in [1.807, 2.05) is 37.3 Å². The second kappa shape index (κ2) is 8.56. The number of likely N-dealkylation sites (tertiary alicyclic amines) is 1. The Kier molecular flexibility index (Phi) is 6.24. The maximum atomic E-state index is 11.7. The fourth-order valence-electron chi connectivity index (χ4n) is 5.01. The number of aliphatic carboxylic acids is 2. The van der Waals surface area contributed by atoms with Crippen LogP contribution in [0.15, 0.2) is 53.7 Å². The highest BCUT2D eigenvalue weighted by Gasteiger charge is 2.59. The van der Waals surface area contributed by atoms with Gasteiger partial charge in [-0.1, -0.05) is 12.1 Å². The maximum absolute atomic E-state index is 11.7. The van der Waals surface area contributed by atoms with Gasteiger partial charge in [-0.05, 0) is 61.6 Å². The number of fused-ring (bicyclic) bond motifs is 4. The number of benzene rings is 1. The third-order valence-corrected chi connectivity index (χ3v) is 6.52. The molecule has 8 nitrogen and oxygen atoms in total. The van der Waals surface area contributed by atoms with Crippen LogP contribution in [0.3, 0.4) is 0 Å². The van der Waals surface area contributed by atoms with Crippen LogP contribution in [0.1, 0.15) is 36.7 Å². The van der Waals surface area contributed by atoms with Gasteiger partial charge >= 0.3 is 11.9 Å². The Morgan fingerprint density at radius 1 is 1.29 bits per heavy atom. The second-order valence-corrected chi connectivity index (χ2v) is 8.19. The van der Waals surface area contributed by atoms with Crippen molar-refractivity contribution in [1.82, 2.24) is 4.90 Å². The summed E-state index contributed by atoms with van der Waals surface area (Å²) in [6.45, 7) is 7.46. The Hall–Kier alpha value is -3.10. The van der Waals surface area contributed by atoms with Crippen LogP contribution < -0.4 is 0 Å². The fourth-order valence-corrected chi connectivity index (χ4v) is 5.01. The molecule has 3 atom stereocenters. The summed E-state index contributed by atoms with van der Waals surface area (Å²) >= 11 is 0. The van der Waals surface area contributed by atoms with E-state index < -0.39 is 23.0 Å². The summed E-state index contributed by atoms with van der Waals surface area (Å²) in [6, 6.07) is 9.47. The highest BCUT2D eigenvalue weighted by atomic mass is 16.4. The molecule has 1 aromatic heterocycles. The van der Waals surface area contributed by atoms with Gasteiger partial charge in [-0.3, -0.25) is 4.90 Å². The monoisotopic (exact) mass is 429 g/mol. The molecule has 1 fully saturated rings. The molecule has 8 heteroatoms. The van der Waals surface area contributed by atoms with Crippen LogP contribution in [-0.4, -0.2) is 55.5 Å². The number of allylic oxidation sites excluding steroid dienone is 1. The first-order valence-electron chi connectivity index (χ1n) is 10.0. The Bertz CT molecular complexity index is 954. The fraction of sp³-hybridized carbons (Fsp3) is 0.391. The summed E-state index contributed by atoms with van der Waals surface area (Å²) < 4.78 is 5.53. The van der Waals surface area contributed by atoms with E-state index in [1.54, 1.807) is 12.3 Å². The third-order valence-electron chi connectivity index (χ3n) is 6.52. The van der Waals surface area contributed by atoms with Crippen molar-refractivity contribution in [2.24, 2.45) is 0 Å². The standard InChI is InChI=1S/C21H25NO3.C2H2O4/c1-3-8-21-9-10-22(14-17-5-4-11-25-17)19(20(21,2)24)12-15-6-7-16(23)13-18(15)21;3-1(4)2(5)6/h3-7,11,13,19,23-24H,1,8-10,12,14H2,2H3;(H,3,4)(H,5,6)/t19-,20-,21+;/m1./s1. The zero-order valence-corrected chi connectivity index (χ0v) is 17.3. The Labute approximate surface area is 180 Å². The number of aromatic hydroxyl groups is 1. The number of carbonyl (C=O) groups is 2. The van der Waals surface area contributed by atoms with E-state index >= 15 is 0 Å². The predicted octanol–water partition coefficient (Wildman–Crippen LogP) is 2.54. The molecule has 1 aliphatic heterocycles. The minimum atomic E-state index is -1.82. The molecule has 0 spiro atoms. The largest absolute Gasteiger partial charge is 0.508 e. The van der Waals surface area contributed by atoms with Crippen LogP contribution in [-0.2, 0) is 28.0 Å². The molecule has 0 unspecified atom stereocenters. The summed E-state index contributed by atoms with van der Waals surface area (Å²) in [5, 5.41) is 36.5. The van der Waals surface area contributed by atoms with Crippen molar-refractivity contribution in [3.05, 3.63) is 66.1 Å². The SMILES string of the molecule is C=CC[C@]12CCN(Cc3ccco3)[C@H](Cc3ccc(O)cc31)[C@@]2(C)O.O=C(O)C(=O)O. The summed E-state index contributed by atoms with van der Waals surface area (Å²) in [5.41, 5.74) is 0.963. The van der Waals surface area contributed by atoms with Crippen LogP contribution in [0.5, 0.6) is 5.75 Å². The number of phenols is 1. The Morgan fingerprint density at radius 2 is 2.00 bits per heavy atom. The number of hydrogen-bond donors (Lipinski definition) is 4. The van der Waals surface area contributed by atoms with Gasteiger partial charge in [0, 0.05) is 18.0 Å². The normalized spacial score (nSPS) is 26.8. The molecular formula is C23H27NO7. The molecule has 31 heavy (non-hydrogen) atoms. The number of furan rings is 1. The van der Waals surface area contributed by atoms with E-state index in [1.165, 1.54) is 5.56 Å². The van der Waals surface area contributed by atoms with Crippen LogP contribution in [0.4, 0.5) is 0 Å². The maximum Gasteiger partial charge on any atom is 0.414 e. The average Bonchev–Trinajstić information content (AvgIpc) is 3.20. The zero-order chi connectivity index (χ0) is 22.8. The van der Waals surface area contributed by atoms with Gasteiger partial charge < -0.3 is 24.8 Å². The molecular weight excluding hydrogens is 402 g/mol. The molecule has 4 N–H and O–H groups in total. The molecule has 1 aromatic carbocycles. The van der Waals surface area contributed by atoms with Crippen molar-refractivity contribution in [2.45, 2.75) is 49.8 Å². The number of aliphatic hydroxyl groups is 1. The van der Waals surface area contributed by atoms with Crippen LogP contribution in [0.25, 0.3) is 0 Å². The van der Waals surface area contributed by atoms with Gasteiger partial charge in [0.15, 0.2) is 0 Å². The van der Waals surface area contributed by atoms with Crippen molar-refractivity contribution in [2.75, 3.05) is 6.54 Å². The van der Waals surface area contributed by atoms with Gasteiger partial charge in [0.1, 0.15) is 11.5 Å². The highest BCUT2D eigenvalue weighted by molar-refractivity contribution is 6.27. The lowest BCUT2D eigenvalue weighted by Gasteiger charge is -2.60. The van der Waals surface area contributed by atoms with Gasteiger partial charge in [0.2, 0.25) is 0 Å². The van der Waals surface area contributed by atoms with E-state index in [0.717, 1.165) is 30.7 Å². The molecule has 2 bridgehead atoms. The van der Waals surface area contributed by atoms with Crippen molar-refractivity contribution >= 4 is 11.9 Å². The molecule has 1 aliphatic carbocycles. The first kappa shape index (κ1) is 22.6. The van der Waals surface area contributed by atoms with Crippen LogP contribution >= 0.6 is 0 Å². The molecule has 0 radical (unpaired) electrons. The van der Waals surface area contributed by atoms with E-state index in [2.05, 4.69) is 11.5 Å². The number of carboxylic acids is 2. The Balaban J connectivity index is 0.000000401. The number of rotatable bonds is 4. The molecule has 4 rings (SSSR count). The second-order valence-electron chi connectivity index (χ2n) is 8.19. The lowest BCUT2D eigenvalue weighted by molar-refractivity contribution is -0.159. The van der Waals surface area contributed by atoms with Gasteiger partial charge in [0.05, 0.1) is 18.4 Å². The minimum Gasteiger partial charge on any atom is -0.508 e. The van der Waals surface area contributed by atoms with Crippen molar-refractivity contribution in [1.29, 1.82) is 0 Å². The topological polar surface area (TPSA) is 131 Å². The molecule has 0 amide bonds. The minimum absolute atomic E-state index is 0.00310. The van der Waals surface area contributed by atoms with Crippen molar-refractivity contribution in [3.63, 3.8) is 0 Å². The average molecular weight is 429 g/mol. The quantitative estimate of drug-likeness (QED) is 0.431. The molecule has 166 valence electrons. The third kappa shape index (κ3) is 4.08. The molecule has 2 aliphatic rings. The lowest BCUT2D eigenvalue weighted by Crippen LogP contribution is -2.69. The van der Waals surface area contributed by atoms with E-state index in [-0.39, 0.29) is 11.8 Å². The first-order valence-corrected chi connectivity index (χ1v) is 10.0. The summed E-state index contributed by atoms with van der Waals surface area (Å²) in [4.78, 5) is 20.5.